The van der Waals surface area contributed by atoms with E-state index in [1.165, 1.54) is 18.2 Å². The smallest absolute Gasteiger partial charge is 0.449 e. The highest BCUT2D eigenvalue weighted by molar-refractivity contribution is 5.91. The maximum Gasteiger partial charge on any atom is 0.511 e. The van der Waals surface area contributed by atoms with E-state index >= 15 is 0 Å². The lowest BCUT2D eigenvalue weighted by atomic mass is 10.2. The molecule has 0 bridgehead atoms. The molecule has 7 nitrogen and oxygen atoms in total. The highest BCUT2D eigenvalue weighted by atomic mass is 16.7. The van der Waals surface area contributed by atoms with Crippen molar-refractivity contribution in [2.75, 3.05) is 0 Å². The summed E-state index contributed by atoms with van der Waals surface area (Å²) in [4.78, 5) is 23.5. The lowest BCUT2D eigenvalue weighted by molar-refractivity contribution is -0.384. The number of nitrogens with one attached hydrogen (secondary N) is 1. The second-order valence-corrected chi connectivity index (χ2v) is 3.43. The van der Waals surface area contributed by atoms with Gasteiger partial charge in [-0.05, 0) is 13.0 Å². The molecule has 1 heterocycles. The zero-order valence-electron chi connectivity index (χ0n) is 8.76. The summed E-state index contributed by atoms with van der Waals surface area (Å²) in [5, 5.41) is 19.6. The molecule has 0 aliphatic heterocycles. The summed E-state index contributed by atoms with van der Waals surface area (Å²) < 4.78 is 4.60. The van der Waals surface area contributed by atoms with Crippen LogP contribution in [-0.4, -0.2) is 21.2 Å². The van der Waals surface area contributed by atoms with Gasteiger partial charge in [0.15, 0.2) is 5.75 Å². The molecule has 0 saturated heterocycles. The van der Waals surface area contributed by atoms with Gasteiger partial charge < -0.3 is 14.8 Å². The average Bonchev–Trinajstić information content (AvgIpc) is 2.54. The van der Waals surface area contributed by atoms with E-state index in [2.05, 4.69) is 9.72 Å². The van der Waals surface area contributed by atoms with E-state index in [0.29, 0.717) is 16.6 Å². The molecule has 88 valence electrons. The van der Waals surface area contributed by atoms with E-state index in [1.807, 2.05) is 0 Å². The number of non-ortho nitro benzene ring substituents is 1. The summed E-state index contributed by atoms with van der Waals surface area (Å²) in [7, 11) is 0. The first kappa shape index (κ1) is 10.9. The van der Waals surface area contributed by atoms with Crippen LogP contribution in [0.25, 0.3) is 10.9 Å². The van der Waals surface area contributed by atoms with Crippen LogP contribution in [0.5, 0.6) is 5.75 Å². The number of hydrogen-bond acceptors (Lipinski definition) is 4. The highest BCUT2D eigenvalue weighted by Crippen LogP contribution is 2.32. The van der Waals surface area contributed by atoms with Crippen LogP contribution in [-0.2, 0) is 0 Å². The maximum atomic E-state index is 10.6. The molecule has 0 atom stereocenters. The zero-order valence-corrected chi connectivity index (χ0v) is 8.76. The molecule has 17 heavy (non-hydrogen) atoms. The Balaban J connectivity index is 2.64. The van der Waals surface area contributed by atoms with Gasteiger partial charge in [-0.15, -0.1) is 0 Å². The zero-order chi connectivity index (χ0) is 12.6. The van der Waals surface area contributed by atoms with Gasteiger partial charge in [0, 0.05) is 23.0 Å². The van der Waals surface area contributed by atoms with Crippen LogP contribution < -0.4 is 4.74 Å². The third kappa shape index (κ3) is 1.89. The number of ether oxygens (including phenoxy) is 1. The largest absolute Gasteiger partial charge is 0.511 e. The van der Waals surface area contributed by atoms with E-state index in [0.717, 1.165) is 0 Å². The predicted octanol–water partition coefficient (Wildman–Crippen LogP) is 2.44. The molecule has 0 aliphatic carbocycles. The second-order valence-electron chi connectivity index (χ2n) is 3.43. The van der Waals surface area contributed by atoms with Gasteiger partial charge in [0.2, 0.25) is 0 Å². The number of hydrogen-bond donors (Lipinski definition) is 2. The molecule has 2 N–H and O–H groups in total. The third-order valence-electron chi connectivity index (χ3n) is 2.31. The number of nitro benzene ring substituents is 1. The van der Waals surface area contributed by atoms with Gasteiger partial charge in [-0.3, -0.25) is 10.1 Å². The van der Waals surface area contributed by atoms with E-state index in [1.54, 1.807) is 6.92 Å². The monoisotopic (exact) mass is 236 g/mol. The fourth-order valence-electron chi connectivity index (χ4n) is 1.62. The Kier molecular flexibility index (Phi) is 2.43. The lowest BCUT2D eigenvalue weighted by Crippen LogP contribution is -2.03. The number of nitrogens with zero attached hydrogens (tertiary/aromatic N) is 1. The molecule has 7 heteroatoms. The summed E-state index contributed by atoms with van der Waals surface area (Å²) in [6.07, 6.45) is -1.46. The van der Waals surface area contributed by atoms with Crippen molar-refractivity contribution in [2.45, 2.75) is 6.92 Å². The molecule has 0 radical (unpaired) electrons. The second kappa shape index (κ2) is 3.78. The summed E-state index contributed by atoms with van der Waals surface area (Å²) in [6, 6.07) is 4.12. The number of nitro groups is 1. The first-order chi connectivity index (χ1) is 7.99. The molecule has 0 spiro atoms. The van der Waals surface area contributed by atoms with Crippen LogP contribution in [0.15, 0.2) is 18.2 Å². The van der Waals surface area contributed by atoms with Gasteiger partial charge in [0.25, 0.3) is 5.69 Å². The van der Waals surface area contributed by atoms with Crippen molar-refractivity contribution in [3.05, 3.63) is 34.0 Å². The number of aryl methyl sites for hydroxylation is 1. The highest BCUT2D eigenvalue weighted by Gasteiger charge is 2.16. The third-order valence-corrected chi connectivity index (χ3v) is 2.31. The minimum Gasteiger partial charge on any atom is -0.449 e. The summed E-state index contributed by atoms with van der Waals surface area (Å²) in [5.41, 5.74) is 0.971. The molecule has 2 aromatic rings. The number of aromatic amines is 1. The molecule has 0 aliphatic rings. The molecule has 1 aromatic heterocycles. The molecule has 0 unspecified atom stereocenters. The SMILES string of the molecule is Cc1[nH]c2ccc([N+](=O)[O-])cc2c1OC(=O)O. The van der Waals surface area contributed by atoms with Crippen molar-refractivity contribution >= 4 is 22.7 Å². The van der Waals surface area contributed by atoms with E-state index in [4.69, 9.17) is 5.11 Å². The van der Waals surface area contributed by atoms with E-state index < -0.39 is 11.1 Å². The minimum atomic E-state index is -1.46. The quantitative estimate of drug-likeness (QED) is 0.473. The van der Waals surface area contributed by atoms with Crippen LogP contribution in [0.1, 0.15) is 5.69 Å². The summed E-state index contributed by atoms with van der Waals surface area (Å²) >= 11 is 0. The van der Waals surface area contributed by atoms with Crippen LogP contribution in [0.2, 0.25) is 0 Å². The predicted molar refractivity (Wildman–Crippen MR) is 58.3 cm³/mol. The standard InChI is InChI=1S/C10H8N2O5/c1-5-9(17-10(13)14)7-4-6(12(15)16)2-3-8(7)11-5/h2-4,11H,1H3,(H,13,14). The van der Waals surface area contributed by atoms with Gasteiger partial charge in [0.1, 0.15) is 0 Å². The fourth-order valence-corrected chi connectivity index (χ4v) is 1.62. The lowest BCUT2D eigenvalue weighted by Gasteiger charge is -1.98. The Bertz CT molecular complexity index is 616. The Hall–Kier alpha value is -2.57. The number of rotatable bonds is 2. The normalized spacial score (nSPS) is 10.4. The Morgan fingerprint density at radius 1 is 1.53 bits per heavy atom. The van der Waals surface area contributed by atoms with Crippen LogP contribution in [0.3, 0.4) is 0 Å². The van der Waals surface area contributed by atoms with Crippen molar-refractivity contribution in [3.8, 4) is 5.75 Å². The van der Waals surface area contributed by atoms with Crippen molar-refractivity contribution in [1.29, 1.82) is 0 Å². The Labute approximate surface area is 94.8 Å². The molecule has 2 rings (SSSR count). The summed E-state index contributed by atoms with van der Waals surface area (Å²) in [5.74, 6) is 0.0937. The maximum absolute atomic E-state index is 10.6. The van der Waals surface area contributed by atoms with Gasteiger partial charge in [-0.2, -0.15) is 0 Å². The molecule has 0 amide bonds. The minimum absolute atomic E-state index is 0.0937. The van der Waals surface area contributed by atoms with E-state index in [-0.39, 0.29) is 11.4 Å². The van der Waals surface area contributed by atoms with Gasteiger partial charge in [0.05, 0.1) is 10.6 Å². The van der Waals surface area contributed by atoms with Crippen LogP contribution in [0.4, 0.5) is 10.5 Å². The van der Waals surface area contributed by atoms with Crippen molar-refractivity contribution in [3.63, 3.8) is 0 Å². The fraction of sp³-hybridized carbons (Fsp3) is 0.100. The number of carboxylic acid groups (broad SMARTS) is 1. The topological polar surface area (TPSA) is 105 Å². The molecular weight excluding hydrogens is 228 g/mol. The van der Waals surface area contributed by atoms with Crippen molar-refractivity contribution in [1.82, 2.24) is 4.98 Å². The van der Waals surface area contributed by atoms with Gasteiger partial charge in [-0.1, -0.05) is 0 Å². The van der Waals surface area contributed by atoms with Crippen LogP contribution in [0, 0.1) is 17.0 Å². The Morgan fingerprint density at radius 3 is 2.82 bits per heavy atom. The number of aromatic nitrogens is 1. The van der Waals surface area contributed by atoms with Crippen LogP contribution >= 0.6 is 0 Å². The van der Waals surface area contributed by atoms with E-state index in [9.17, 15) is 14.9 Å². The number of fused-ring (bicyclic) bond motifs is 1. The summed E-state index contributed by atoms with van der Waals surface area (Å²) in [6.45, 7) is 1.63. The molecule has 0 saturated carbocycles. The molecular formula is C10H8N2O5. The number of H-pyrrole nitrogens is 1. The first-order valence-electron chi connectivity index (χ1n) is 4.66. The van der Waals surface area contributed by atoms with Crippen molar-refractivity contribution < 1.29 is 19.6 Å². The average molecular weight is 236 g/mol. The van der Waals surface area contributed by atoms with Gasteiger partial charge >= 0.3 is 6.16 Å². The first-order valence-corrected chi connectivity index (χ1v) is 4.66. The van der Waals surface area contributed by atoms with Crippen molar-refractivity contribution in [2.24, 2.45) is 0 Å². The molecule has 0 fully saturated rings. The van der Waals surface area contributed by atoms with Gasteiger partial charge in [-0.25, -0.2) is 4.79 Å². The number of carbonyl (C=O) groups is 1. The number of benzene rings is 1. The molecule has 1 aromatic carbocycles. The Morgan fingerprint density at radius 2 is 2.24 bits per heavy atom.